The quantitative estimate of drug-likeness (QED) is 0.675. The Balaban J connectivity index is 1.42. The van der Waals surface area contributed by atoms with Crippen LogP contribution in [0.3, 0.4) is 0 Å². The lowest BCUT2D eigenvalue weighted by molar-refractivity contribution is -0.134. The molecule has 0 unspecified atom stereocenters. The number of pyridine rings is 1. The third kappa shape index (κ3) is 4.28. The van der Waals surface area contributed by atoms with E-state index in [2.05, 4.69) is 15.3 Å². The molecule has 0 saturated carbocycles. The fraction of sp³-hybridized carbons (Fsp3) is 0.250. The summed E-state index contributed by atoms with van der Waals surface area (Å²) in [6.07, 6.45) is 3.50. The number of hydrogen-bond acceptors (Lipinski definition) is 6. The second-order valence-electron chi connectivity index (χ2n) is 6.40. The molecule has 1 saturated heterocycles. The summed E-state index contributed by atoms with van der Waals surface area (Å²) in [5.41, 5.74) is 0.842. The molecular weight excluding hydrogens is 379 g/mol. The number of hydrogen-bond donors (Lipinski definition) is 1. The molecule has 1 aliphatic rings. The van der Waals surface area contributed by atoms with Crippen LogP contribution in [0.2, 0.25) is 0 Å². The molecular formula is C20H19FN4O2S. The third-order valence-corrected chi connectivity index (χ3v) is 5.22. The van der Waals surface area contributed by atoms with Crippen LogP contribution in [0.15, 0.2) is 54.0 Å². The minimum Gasteiger partial charge on any atom is -0.484 e. The summed E-state index contributed by atoms with van der Waals surface area (Å²) in [5.74, 6) is 0.732. The zero-order valence-corrected chi connectivity index (χ0v) is 15.9. The highest BCUT2D eigenvalue weighted by atomic mass is 32.1. The van der Waals surface area contributed by atoms with E-state index in [-0.39, 0.29) is 24.4 Å². The molecule has 0 spiro atoms. The molecule has 4 rings (SSSR count). The van der Waals surface area contributed by atoms with E-state index in [1.54, 1.807) is 11.1 Å². The van der Waals surface area contributed by atoms with Crippen molar-refractivity contribution in [1.29, 1.82) is 0 Å². The van der Waals surface area contributed by atoms with E-state index < -0.39 is 0 Å². The maximum Gasteiger partial charge on any atom is 0.261 e. The lowest BCUT2D eigenvalue weighted by atomic mass is 10.1. The number of nitrogens with zero attached hydrogens (tertiary/aromatic N) is 3. The van der Waals surface area contributed by atoms with Gasteiger partial charge in [-0.25, -0.2) is 14.4 Å². The molecule has 1 aromatic carbocycles. The summed E-state index contributed by atoms with van der Waals surface area (Å²) < 4.78 is 18.5. The van der Waals surface area contributed by atoms with Gasteiger partial charge in [0.2, 0.25) is 0 Å². The Kier molecular flexibility index (Phi) is 5.48. The van der Waals surface area contributed by atoms with Gasteiger partial charge in [-0.05, 0) is 49.2 Å². The van der Waals surface area contributed by atoms with E-state index in [4.69, 9.17) is 4.74 Å². The molecule has 1 fully saturated rings. The summed E-state index contributed by atoms with van der Waals surface area (Å²) in [6, 6.07) is 11.3. The van der Waals surface area contributed by atoms with Gasteiger partial charge in [-0.2, -0.15) is 0 Å². The van der Waals surface area contributed by atoms with Crippen LogP contribution in [-0.4, -0.2) is 33.9 Å². The number of likely N-dealkylation sites (tertiary alicyclic amines) is 1. The fourth-order valence-electron chi connectivity index (χ4n) is 3.23. The van der Waals surface area contributed by atoms with Crippen LogP contribution in [-0.2, 0) is 4.79 Å². The SMILES string of the molecule is O=C(COc1ccc(F)cc1)N1CCC[C@@H]1c1cccc(Nc2nccs2)n1. The van der Waals surface area contributed by atoms with Crippen molar-refractivity contribution >= 4 is 28.2 Å². The van der Waals surface area contributed by atoms with Crippen LogP contribution in [0.25, 0.3) is 0 Å². The zero-order valence-electron chi connectivity index (χ0n) is 15.0. The van der Waals surface area contributed by atoms with Gasteiger partial charge in [-0.3, -0.25) is 4.79 Å². The lowest BCUT2D eigenvalue weighted by Crippen LogP contribution is -2.34. The van der Waals surface area contributed by atoms with Crippen LogP contribution < -0.4 is 10.1 Å². The van der Waals surface area contributed by atoms with Crippen molar-refractivity contribution in [2.45, 2.75) is 18.9 Å². The summed E-state index contributed by atoms with van der Waals surface area (Å²) in [6.45, 7) is 0.585. The molecule has 1 atom stereocenters. The Labute approximate surface area is 166 Å². The molecule has 0 radical (unpaired) electrons. The summed E-state index contributed by atoms with van der Waals surface area (Å²) >= 11 is 1.50. The van der Waals surface area contributed by atoms with Gasteiger partial charge in [-0.15, -0.1) is 11.3 Å². The Morgan fingerprint density at radius 2 is 2.14 bits per heavy atom. The second-order valence-corrected chi connectivity index (χ2v) is 7.29. The predicted octanol–water partition coefficient (Wildman–Crippen LogP) is 4.16. The van der Waals surface area contributed by atoms with Gasteiger partial charge >= 0.3 is 0 Å². The van der Waals surface area contributed by atoms with Crippen LogP contribution >= 0.6 is 11.3 Å². The molecule has 2 aromatic heterocycles. The average Bonchev–Trinajstić information content (AvgIpc) is 3.39. The number of aromatic nitrogens is 2. The van der Waals surface area contributed by atoms with Crippen molar-refractivity contribution < 1.29 is 13.9 Å². The molecule has 3 heterocycles. The van der Waals surface area contributed by atoms with Gasteiger partial charge in [0.25, 0.3) is 5.91 Å². The summed E-state index contributed by atoms with van der Waals surface area (Å²) in [7, 11) is 0. The minimum atomic E-state index is -0.337. The first-order chi connectivity index (χ1) is 13.7. The summed E-state index contributed by atoms with van der Waals surface area (Å²) in [4.78, 5) is 23.4. The first kappa shape index (κ1) is 18.4. The Morgan fingerprint density at radius 3 is 2.93 bits per heavy atom. The first-order valence-corrected chi connectivity index (χ1v) is 9.88. The van der Waals surface area contributed by atoms with Crippen LogP contribution in [0, 0.1) is 5.82 Å². The van der Waals surface area contributed by atoms with E-state index >= 15 is 0 Å². The van der Waals surface area contributed by atoms with Crippen molar-refractivity contribution in [3.8, 4) is 5.75 Å². The molecule has 1 amide bonds. The number of nitrogens with one attached hydrogen (secondary N) is 1. The number of halogens is 1. The van der Waals surface area contributed by atoms with E-state index in [0.717, 1.165) is 23.7 Å². The zero-order chi connectivity index (χ0) is 19.3. The summed E-state index contributed by atoms with van der Waals surface area (Å²) in [5, 5.41) is 5.85. The maximum atomic E-state index is 13.0. The molecule has 6 nitrogen and oxygen atoms in total. The Bertz CT molecular complexity index is 934. The van der Waals surface area contributed by atoms with Crippen molar-refractivity contribution in [2.24, 2.45) is 0 Å². The second kappa shape index (κ2) is 8.35. The maximum absolute atomic E-state index is 13.0. The van der Waals surface area contributed by atoms with Crippen LogP contribution in [0.5, 0.6) is 5.75 Å². The number of rotatable bonds is 6. The third-order valence-electron chi connectivity index (χ3n) is 4.53. The smallest absolute Gasteiger partial charge is 0.261 e. The van der Waals surface area contributed by atoms with Crippen molar-refractivity contribution in [2.75, 3.05) is 18.5 Å². The normalized spacial score (nSPS) is 16.2. The number of ether oxygens (including phenoxy) is 1. The average molecular weight is 398 g/mol. The highest BCUT2D eigenvalue weighted by Crippen LogP contribution is 2.32. The van der Waals surface area contributed by atoms with Gasteiger partial charge in [0.1, 0.15) is 17.4 Å². The van der Waals surface area contributed by atoms with Crippen LogP contribution in [0.1, 0.15) is 24.6 Å². The number of thiazole rings is 1. The molecule has 8 heteroatoms. The fourth-order valence-corrected chi connectivity index (χ4v) is 3.77. The van der Waals surface area contributed by atoms with E-state index in [9.17, 15) is 9.18 Å². The minimum absolute atomic E-state index is 0.0811. The number of carbonyl (C=O) groups is 1. The highest BCUT2D eigenvalue weighted by molar-refractivity contribution is 7.13. The van der Waals surface area contributed by atoms with Crippen LogP contribution in [0.4, 0.5) is 15.3 Å². The number of benzene rings is 1. The highest BCUT2D eigenvalue weighted by Gasteiger charge is 2.31. The molecule has 144 valence electrons. The standard InChI is InChI=1S/C20H19FN4O2S/c21-14-6-8-15(9-7-14)27-13-19(26)25-11-2-4-17(25)16-3-1-5-18(23-16)24-20-22-10-12-28-20/h1,3,5-10,12,17H,2,4,11,13H2,(H,22,23,24)/t17-/m1/s1. The van der Waals surface area contributed by atoms with Gasteiger partial charge in [-0.1, -0.05) is 6.07 Å². The molecule has 0 bridgehead atoms. The van der Waals surface area contributed by atoms with Crippen molar-refractivity contribution in [3.05, 3.63) is 65.6 Å². The van der Waals surface area contributed by atoms with Gasteiger partial charge in [0.05, 0.1) is 11.7 Å². The number of carbonyl (C=O) groups excluding carboxylic acids is 1. The first-order valence-electron chi connectivity index (χ1n) is 9.00. The molecule has 1 aliphatic heterocycles. The lowest BCUT2D eigenvalue weighted by Gasteiger charge is -2.24. The van der Waals surface area contributed by atoms with Crippen molar-refractivity contribution in [1.82, 2.24) is 14.9 Å². The largest absolute Gasteiger partial charge is 0.484 e. The van der Waals surface area contributed by atoms with Gasteiger partial charge < -0.3 is 15.0 Å². The van der Waals surface area contributed by atoms with E-state index in [1.165, 1.54) is 35.6 Å². The van der Waals surface area contributed by atoms with E-state index in [0.29, 0.717) is 18.1 Å². The molecule has 0 aliphatic carbocycles. The molecule has 28 heavy (non-hydrogen) atoms. The Hall–Kier alpha value is -3.00. The molecule has 3 aromatic rings. The van der Waals surface area contributed by atoms with Crippen molar-refractivity contribution in [3.63, 3.8) is 0 Å². The number of anilines is 2. The van der Waals surface area contributed by atoms with Gasteiger partial charge in [0.15, 0.2) is 11.7 Å². The Morgan fingerprint density at radius 1 is 1.29 bits per heavy atom. The number of amides is 1. The topological polar surface area (TPSA) is 67.3 Å². The molecule has 1 N–H and O–H groups in total. The van der Waals surface area contributed by atoms with Gasteiger partial charge in [0, 0.05) is 18.1 Å². The monoisotopic (exact) mass is 398 g/mol. The van der Waals surface area contributed by atoms with E-state index in [1.807, 2.05) is 23.6 Å². The predicted molar refractivity (Wildman–Crippen MR) is 105 cm³/mol.